The van der Waals surface area contributed by atoms with E-state index in [2.05, 4.69) is 51.5 Å². The number of nitrogens with zero attached hydrogens (tertiary/aromatic N) is 2. The highest BCUT2D eigenvalue weighted by molar-refractivity contribution is 14.1. The highest BCUT2D eigenvalue weighted by Gasteiger charge is 2.14. The van der Waals surface area contributed by atoms with Gasteiger partial charge in [0.05, 0.1) is 25.1 Å². The quantitative estimate of drug-likeness (QED) is 0.586. The average molecular weight is 396 g/mol. The van der Waals surface area contributed by atoms with Crippen molar-refractivity contribution in [1.82, 2.24) is 0 Å². The summed E-state index contributed by atoms with van der Waals surface area (Å²) in [5.41, 5.74) is 2.14. The molecule has 110 valence electrons. The summed E-state index contributed by atoms with van der Waals surface area (Å²) in [6.07, 6.45) is 1.78. The number of hydrogen-bond donors (Lipinski definition) is 0. The number of benzene rings is 1. The minimum atomic E-state index is 0.756. The van der Waals surface area contributed by atoms with Crippen molar-refractivity contribution < 1.29 is 9.15 Å². The zero-order valence-electron chi connectivity index (χ0n) is 11.9. The number of rotatable bonds is 3. The van der Waals surface area contributed by atoms with Gasteiger partial charge in [0.25, 0.3) is 0 Å². The van der Waals surface area contributed by atoms with Gasteiger partial charge in [-0.05, 0) is 59.3 Å². The monoisotopic (exact) mass is 396 g/mol. The Morgan fingerprint density at radius 1 is 1.19 bits per heavy atom. The summed E-state index contributed by atoms with van der Waals surface area (Å²) in [5.74, 6) is 1.66. The normalized spacial score (nSPS) is 15.8. The molecule has 0 aliphatic carbocycles. The van der Waals surface area contributed by atoms with Crippen LogP contribution >= 0.6 is 22.6 Å². The van der Waals surface area contributed by atoms with Gasteiger partial charge in [0, 0.05) is 22.7 Å². The number of aliphatic imine (C=N–C) groups is 1. The van der Waals surface area contributed by atoms with Crippen molar-refractivity contribution in [2.24, 2.45) is 4.99 Å². The van der Waals surface area contributed by atoms with Crippen LogP contribution in [0.1, 0.15) is 11.3 Å². The third-order valence-corrected chi connectivity index (χ3v) is 4.10. The lowest BCUT2D eigenvalue weighted by atomic mass is 10.2. The van der Waals surface area contributed by atoms with Gasteiger partial charge in [-0.2, -0.15) is 0 Å². The van der Waals surface area contributed by atoms with Crippen LogP contribution in [-0.4, -0.2) is 32.5 Å². The van der Waals surface area contributed by atoms with Crippen LogP contribution in [0.3, 0.4) is 0 Å². The third kappa shape index (κ3) is 3.65. The van der Waals surface area contributed by atoms with Gasteiger partial charge in [-0.1, -0.05) is 0 Å². The van der Waals surface area contributed by atoms with Crippen LogP contribution in [-0.2, 0) is 4.74 Å². The molecule has 0 N–H and O–H groups in total. The first-order valence-corrected chi connectivity index (χ1v) is 8.03. The molecule has 0 bridgehead atoms. The maximum atomic E-state index is 5.83. The lowest BCUT2D eigenvalue weighted by Crippen LogP contribution is -2.35. The van der Waals surface area contributed by atoms with Gasteiger partial charge in [-0.3, -0.25) is 4.99 Å². The summed E-state index contributed by atoms with van der Waals surface area (Å²) >= 11 is 2.30. The molecule has 0 unspecified atom stereocenters. The Balaban J connectivity index is 1.72. The van der Waals surface area contributed by atoms with E-state index in [-0.39, 0.29) is 0 Å². The van der Waals surface area contributed by atoms with E-state index >= 15 is 0 Å². The van der Waals surface area contributed by atoms with Crippen molar-refractivity contribution in [3.05, 3.63) is 45.2 Å². The molecule has 0 spiro atoms. The summed E-state index contributed by atoms with van der Waals surface area (Å²) in [4.78, 5) is 6.70. The second kappa shape index (κ2) is 6.62. The Bertz CT molecular complexity index is 645. The molecule has 1 aromatic heterocycles. The zero-order chi connectivity index (χ0) is 14.7. The van der Waals surface area contributed by atoms with E-state index < -0.39 is 0 Å². The van der Waals surface area contributed by atoms with Gasteiger partial charge in [0.1, 0.15) is 5.76 Å². The standard InChI is InChI=1S/C16H17IN2O2/c1-12-10-13(17)2-4-15(12)18-11-14-3-5-16(21-14)19-6-8-20-9-7-19/h2-5,10-11H,6-9H2,1H3. The number of halogens is 1. The van der Waals surface area contributed by atoms with Gasteiger partial charge in [-0.15, -0.1) is 0 Å². The second-order valence-electron chi connectivity index (χ2n) is 4.96. The van der Waals surface area contributed by atoms with E-state index in [4.69, 9.17) is 9.15 Å². The first kappa shape index (κ1) is 14.6. The number of hydrogen-bond acceptors (Lipinski definition) is 4. The van der Waals surface area contributed by atoms with E-state index in [0.717, 1.165) is 49.2 Å². The molecule has 1 saturated heterocycles. The molecule has 1 aliphatic heterocycles. The van der Waals surface area contributed by atoms with Crippen molar-refractivity contribution in [3.8, 4) is 0 Å². The predicted octanol–water partition coefficient (Wildman–Crippen LogP) is 3.78. The average Bonchev–Trinajstić information content (AvgIpc) is 2.96. The van der Waals surface area contributed by atoms with Crippen LogP contribution in [0.5, 0.6) is 0 Å². The second-order valence-corrected chi connectivity index (χ2v) is 6.21. The number of ether oxygens (including phenoxy) is 1. The smallest absolute Gasteiger partial charge is 0.196 e. The van der Waals surface area contributed by atoms with Gasteiger partial charge in [0.15, 0.2) is 5.88 Å². The Labute approximate surface area is 137 Å². The number of aryl methyl sites for hydroxylation is 1. The van der Waals surface area contributed by atoms with Crippen molar-refractivity contribution in [3.63, 3.8) is 0 Å². The van der Waals surface area contributed by atoms with E-state index in [1.807, 2.05) is 18.2 Å². The van der Waals surface area contributed by atoms with E-state index in [9.17, 15) is 0 Å². The van der Waals surface area contributed by atoms with Crippen molar-refractivity contribution in [2.75, 3.05) is 31.2 Å². The number of anilines is 1. The molecule has 3 rings (SSSR count). The molecule has 1 fully saturated rings. The summed E-state index contributed by atoms with van der Waals surface area (Å²) in [7, 11) is 0. The van der Waals surface area contributed by atoms with Gasteiger partial charge < -0.3 is 14.1 Å². The van der Waals surface area contributed by atoms with E-state index in [1.165, 1.54) is 3.57 Å². The predicted molar refractivity (Wildman–Crippen MR) is 92.9 cm³/mol. The van der Waals surface area contributed by atoms with Crippen molar-refractivity contribution in [1.29, 1.82) is 0 Å². The highest BCUT2D eigenvalue weighted by Crippen LogP contribution is 2.22. The van der Waals surface area contributed by atoms with Crippen LogP contribution in [0, 0.1) is 10.5 Å². The van der Waals surface area contributed by atoms with Crippen molar-refractivity contribution >= 4 is 40.4 Å². The molecular formula is C16H17IN2O2. The van der Waals surface area contributed by atoms with Crippen LogP contribution < -0.4 is 4.90 Å². The van der Waals surface area contributed by atoms with Gasteiger partial charge in [-0.25, -0.2) is 0 Å². The molecule has 0 radical (unpaired) electrons. The molecule has 5 heteroatoms. The first-order chi connectivity index (χ1) is 10.2. The third-order valence-electron chi connectivity index (χ3n) is 3.43. The van der Waals surface area contributed by atoms with Crippen molar-refractivity contribution in [2.45, 2.75) is 6.92 Å². The van der Waals surface area contributed by atoms with Gasteiger partial charge >= 0.3 is 0 Å². The lowest BCUT2D eigenvalue weighted by molar-refractivity contribution is 0.120. The molecule has 1 aliphatic rings. The fourth-order valence-electron chi connectivity index (χ4n) is 2.26. The van der Waals surface area contributed by atoms with Crippen LogP contribution in [0.15, 0.2) is 39.7 Å². The zero-order valence-corrected chi connectivity index (χ0v) is 14.0. The maximum Gasteiger partial charge on any atom is 0.196 e. The molecule has 4 nitrogen and oxygen atoms in total. The summed E-state index contributed by atoms with van der Waals surface area (Å²) in [6.45, 7) is 5.33. The molecule has 0 atom stereocenters. The van der Waals surface area contributed by atoms with Crippen LogP contribution in [0.25, 0.3) is 0 Å². The highest BCUT2D eigenvalue weighted by atomic mass is 127. The molecule has 2 heterocycles. The molecule has 2 aromatic rings. The Hall–Kier alpha value is -1.34. The number of furan rings is 1. The Morgan fingerprint density at radius 2 is 2.00 bits per heavy atom. The summed E-state index contributed by atoms with van der Waals surface area (Å²) in [6, 6.07) is 10.2. The SMILES string of the molecule is Cc1cc(I)ccc1N=Cc1ccc(N2CCOCC2)o1. The molecular weight excluding hydrogens is 379 g/mol. The molecule has 0 amide bonds. The Morgan fingerprint density at radius 3 is 2.76 bits per heavy atom. The van der Waals surface area contributed by atoms with E-state index in [1.54, 1.807) is 6.21 Å². The van der Waals surface area contributed by atoms with Gasteiger partial charge in [0.2, 0.25) is 0 Å². The minimum absolute atomic E-state index is 0.756. The lowest BCUT2D eigenvalue weighted by Gasteiger charge is -2.26. The Kier molecular flexibility index (Phi) is 4.60. The fourth-order valence-corrected chi connectivity index (χ4v) is 2.91. The van der Waals surface area contributed by atoms with Crippen LogP contribution in [0.4, 0.5) is 11.6 Å². The minimum Gasteiger partial charge on any atom is -0.440 e. The number of morpholine rings is 1. The topological polar surface area (TPSA) is 38.0 Å². The summed E-state index contributed by atoms with van der Waals surface area (Å²) < 4.78 is 12.4. The maximum absolute atomic E-state index is 5.83. The molecule has 1 aromatic carbocycles. The van der Waals surface area contributed by atoms with E-state index in [0.29, 0.717) is 0 Å². The van der Waals surface area contributed by atoms with Crippen LogP contribution in [0.2, 0.25) is 0 Å². The fraction of sp³-hybridized carbons (Fsp3) is 0.312. The summed E-state index contributed by atoms with van der Waals surface area (Å²) in [5, 5.41) is 0. The largest absolute Gasteiger partial charge is 0.440 e. The first-order valence-electron chi connectivity index (χ1n) is 6.95. The molecule has 0 saturated carbocycles. The molecule has 21 heavy (non-hydrogen) atoms.